The number of nitro groups is 1. The van der Waals surface area contributed by atoms with Crippen LogP contribution in [-0.4, -0.2) is 40.6 Å². The topological polar surface area (TPSA) is 79.4 Å². The molecule has 0 radical (unpaired) electrons. The van der Waals surface area contributed by atoms with E-state index in [-0.39, 0.29) is 23.6 Å². The zero-order chi connectivity index (χ0) is 11.5. The lowest BCUT2D eigenvalue weighted by Gasteiger charge is -2.20. The first kappa shape index (κ1) is 11.3. The fourth-order valence-corrected chi connectivity index (χ4v) is 1.68. The maximum Gasteiger partial charge on any atom is 0.346 e. The van der Waals surface area contributed by atoms with Crippen molar-refractivity contribution in [3.8, 4) is 0 Å². The smallest absolute Gasteiger partial charge is 0.346 e. The van der Waals surface area contributed by atoms with Crippen LogP contribution in [0.25, 0.3) is 0 Å². The predicted molar refractivity (Wildman–Crippen MR) is 54.5 cm³/mol. The lowest BCUT2D eigenvalue weighted by atomic mass is 10.3. The van der Waals surface area contributed by atoms with Gasteiger partial charge in [0.05, 0.1) is 25.9 Å². The summed E-state index contributed by atoms with van der Waals surface area (Å²) in [5.41, 5.74) is 0. The molecule has 2 rings (SSSR count). The van der Waals surface area contributed by atoms with Crippen molar-refractivity contribution in [1.82, 2.24) is 9.78 Å². The summed E-state index contributed by atoms with van der Waals surface area (Å²) >= 11 is 5.62. The highest BCUT2D eigenvalue weighted by atomic mass is 35.5. The third-order valence-electron chi connectivity index (χ3n) is 2.18. The number of ether oxygens (including phenoxy) is 2. The fourth-order valence-electron chi connectivity index (χ4n) is 1.49. The van der Waals surface area contributed by atoms with Crippen LogP contribution in [0, 0.1) is 10.1 Å². The van der Waals surface area contributed by atoms with Gasteiger partial charge in [-0.3, -0.25) is 0 Å². The summed E-state index contributed by atoms with van der Waals surface area (Å²) in [6.07, 6.45) is -0.219. The van der Waals surface area contributed by atoms with Gasteiger partial charge in [0, 0.05) is 0 Å². The molecule has 0 N–H and O–H groups in total. The van der Waals surface area contributed by atoms with Gasteiger partial charge in [0.15, 0.2) is 5.15 Å². The van der Waals surface area contributed by atoms with E-state index in [1.807, 2.05) is 0 Å². The molecule has 1 aliphatic heterocycles. The van der Waals surface area contributed by atoms with Crippen LogP contribution in [0.4, 0.5) is 5.82 Å². The van der Waals surface area contributed by atoms with Gasteiger partial charge in [-0.1, -0.05) is 16.7 Å². The van der Waals surface area contributed by atoms with Crippen LogP contribution in [0.15, 0.2) is 6.07 Å². The van der Waals surface area contributed by atoms with Gasteiger partial charge in [-0.15, -0.1) is 4.68 Å². The van der Waals surface area contributed by atoms with Crippen LogP contribution in [0.3, 0.4) is 0 Å². The minimum Gasteiger partial charge on any atom is -0.376 e. The largest absolute Gasteiger partial charge is 0.376 e. The van der Waals surface area contributed by atoms with E-state index >= 15 is 0 Å². The third kappa shape index (κ3) is 2.49. The highest BCUT2D eigenvalue weighted by molar-refractivity contribution is 6.29. The fraction of sp³-hybridized carbons (Fsp3) is 0.625. The molecule has 0 saturated carbocycles. The molecular weight excluding hydrogens is 238 g/mol. The molecule has 0 unspecified atom stereocenters. The lowest BCUT2D eigenvalue weighted by molar-refractivity contribution is -0.393. The van der Waals surface area contributed by atoms with E-state index in [4.69, 9.17) is 21.1 Å². The molecule has 1 fully saturated rings. The van der Waals surface area contributed by atoms with Crippen molar-refractivity contribution in [2.45, 2.75) is 12.6 Å². The highest BCUT2D eigenvalue weighted by Gasteiger charge is 2.23. The molecular formula is C8H10ClN3O4. The van der Waals surface area contributed by atoms with Crippen molar-refractivity contribution in [2.24, 2.45) is 0 Å². The Kier molecular flexibility index (Phi) is 3.37. The Balaban J connectivity index is 2.10. The average Bonchev–Trinajstić information content (AvgIpc) is 2.61. The number of halogens is 1. The summed E-state index contributed by atoms with van der Waals surface area (Å²) in [6.45, 7) is 1.73. The molecule has 0 spiro atoms. The Labute approximate surface area is 96.0 Å². The van der Waals surface area contributed by atoms with E-state index in [9.17, 15) is 10.1 Å². The molecule has 16 heavy (non-hydrogen) atoms. The van der Waals surface area contributed by atoms with E-state index in [1.54, 1.807) is 0 Å². The lowest BCUT2D eigenvalue weighted by Crippen LogP contribution is -2.32. The van der Waals surface area contributed by atoms with Crippen molar-refractivity contribution in [2.75, 3.05) is 19.8 Å². The molecule has 88 valence electrons. The number of nitrogens with zero attached hydrogens (tertiary/aromatic N) is 3. The number of hydrogen-bond donors (Lipinski definition) is 0. The minimum atomic E-state index is -0.525. The summed E-state index contributed by atoms with van der Waals surface area (Å²) in [7, 11) is 0. The summed E-state index contributed by atoms with van der Waals surface area (Å²) in [4.78, 5) is 10.2. The van der Waals surface area contributed by atoms with Gasteiger partial charge in [0.2, 0.25) is 0 Å². The molecule has 2 heterocycles. The van der Waals surface area contributed by atoms with E-state index in [2.05, 4.69) is 5.10 Å². The first-order valence-corrected chi connectivity index (χ1v) is 5.11. The molecule has 1 atom stereocenters. The Bertz CT molecular complexity index is 389. The molecule has 7 nitrogen and oxygen atoms in total. The quantitative estimate of drug-likeness (QED) is 0.585. The van der Waals surface area contributed by atoms with Crippen LogP contribution in [0.1, 0.15) is 0 Å². The second-order valence-corrected chi connectivity index (χ2v) is 3.72. The number of aromatic nitrogens is 2. The second-order valence-electron chi connectivity index (χ2n) is 3.33. The third-order valence-corrected chi connectivity index (χ3v) is 2.36. The average molecular weight is 248 g/mol. The normalized spacial score (nSPS) is 20.9. The molecule has 0 aliphatic carbocycles. The van der Waals surface area contributed by atoms with Gasteiger partial charge < -0.3 is 19.6 Å². The molecule has 1 saturated heterocycles. The first-order chi connectivity index (χ1) is 7.66. The first-order valence-electron chi connectivity index (χ1n) is 4.74. The van der Waals surface area contributed by atoms with Gasteiger partial charge in [-0.2, -0.15) is 0 Å². The van der Waals surface area contributed by atoms with E-state index < -0.39 is 4.92 Å². The maximum absolute atomic E-state index is 10.7. The van der Waals surface area contributed by atoms with Crippen molar-refractivity contribution in [3.63, 3.8) is 0 Å². The van der Waals surface area contributed by atoms with Gasteiger partial charge in [-0.05, 0) is 4.92 Å². The van der Waals surface area contributed by atoms with Crippen LogP contribution >= 0.6 is 11.6 Å². The van der Waals surface area contributed by atoms with Crippen LogP contribution in [0.2, 0.25) is 5.15 Å². The van der Waals surface area contributed by atoms with E-state index in [1.165, 1.54) is 10.7 Å². The zero-order valence-electron chi connectivity index (χ0n) is 8.34. The summed E-state index contributed by atoms with van der Waals surface area (Å²) in [5, 5.41) is 14.6. The molecule has 0 aromatic carbocycles. The summed E-state index contributed by atoms with van der Waals surface area (Å²) < 4.78 is 11.8. The van der Waals surface area contributed by atoms with Gasteiger partial charge in [0.1, 0.15) is 12.6 Å². The second kappa shape index (κ2) is 4.77. The Morgan fingerprint density at radius 3 is 3.12 bits per heavy atom. The SMILES string of the molecule is O=[N+]([O-])c1cc(Cl)nn1C[C@H]1COCCO1. The van der Waals surface area contributed by atoms with Crippen LogP contribution in [0.5, 0.6) is 0 Å². The molecule has 8 heteroatoms. The van der Waals surface area contributed by atoms with Crippen molar-refractivity contribution in [3.05, 3.63) is 21.3 Å². The highest BCUT2D eigenvalue weighted by Crippen LogP contribution is 2.18. The van der Waals surface area contributed by atoms with Crippen LogP contribution < -0.4 is 0 Å². The van der Waals surface area contributed by atoms with Gasteiger partial charge in [-0.25, -0.2) is 0 Å². The minimum absolute atomic E-state index is 0.100. The van der Waals surface area contributed by atoms with Crippen molar-refractivity contribution >= 4 is 17.4 Å². The predicted octanol–water partition coefficient (Wildman–Crippen LogP) is 0.860. The Hall–Kier alpha value is -1.18. The molecule has 1 aliphatic rings. The molecule has 1 aromatic rings. The van der Waals surface area contributed by atoms with Crippen molar-refractivity contribution in [1.29, 1.82) is 0 Å². The zero-order valence-corrected chi connectivity index (χ0v) is 9.09. The standard InChI is InChI=1S/C8H10ClN3O4/c9-7-3-8(12(13)14)11(10-7)4-6-5-15-1-2-16-6/h3,6H,1-2,4-5H2/t6-/m0/s1. The number of rotatable bonds is 3. The monoisotopic (exact) mass is 247 g/mol. The summed E-state index contributed by atoms with van der Waals surface area (Å²) in [5.74, 6) is -0.140. The van der Waals surface area contributed by atoms with Crippen molar-refractivity contribution < 1.29 is 14.4 Å². The number of hydrogen-bond acceptors (Lipinski definition) is 5. The molecule has 0 bridgehead atoms. The molecule has 1 aromatic heterocycles. The Morgan fingerprint density at radius 2 is 2.50 bits per heavy atom. The summed E-state index contributed by atoms with van der Waals surface area (Å²) in [6, 6.07) is 1.21. The van der Waals surface area contributed by atoms with E-state index in [0.717, 1.165) is 0 Å². The van der Waals surface area contributed by atoms with Gasteiger partial charge in [0.25, 0.3) is 0 Å². The van der Waals surface area contributed by atoms with E-state index in [0.29, 0.717) is 19.8 Å². The maximum atomic E-state index is 10.7. The van der Waals surface area contributed by atoms with Gasteiger partial charge >= 0.3 is 5.82 Å². The van der Waals surface area contributed by atoms with Crippen LogP contribution in [-0.2, 0) is 16.0 Å². The Morgan fingerprint density at radius 1 is 1.69 bits per heavy atom. The molecule has 0 amide bonds.